The van der Waals surface area contributed by atoms with Crippen LogP contribution in [0.4, 0.5) is 5.95 Å². The van der Waals surface area contributed by atoms with Crippen molar-refractivity contribution in [3.05, 3.63) is 40.3 Å². The van der Waals surface area contributed by atoms with Gasteiger partial charge >= 0.3 is 0 Å². The Morgan fingerprint density at radius 3 is 2.74 bits per heavy atom. The second kappa shape index (κ2) is 6.01. The number of aliphatic hydroxyl groups is 1. The molecule has 1 aliphatic heterocycles. The molecule has 3 aromatic rings. The van der Waals surface area contributed by atoms with Crippen LogP contribution in [0.15, 0.2) is 24.3 Å². The van der Waals surface area contributed by atoms with Crippen LogP contribution in [0, 0.1) is 18.3 Å². The van der Waals surface area contributed by atoms with Crippen LogP contribution < -0.4 is 4.90 Å². The molecule has 1 saturated heterocycles. The number of aryl methyl sites for hydroxylation is 3. The van der Waals surface area contributed by atoms with E-state index in [2.05, 4.69) is 37.3 Å². The summed E-state index contributed by atoms with van der Waals surface area (Å²) in [5.41, 5.74) is 3.81. The molecule has 0 bridgehead atoms. The Kier molecular flexibility index (Phi) is 3.71. The summed E-state index contributed by atoms with van der Waals surface area (Å²) >= 11 is 1.78. The Morgan fingerprint density at radius 2 is 2.00 bits per heavy atom. The molecule has 0 saturated carbocycles. The van der Waals surface area contributed by atoms with Crippen molar-refractivity contribution in [1.29, 1.82) is 5.26 Å². The van der Waals surface area contributed by atoms with Crippen molar-refractivity contribution < 1.29 is 5.11 Å². The molecule has 1 fully saturated rings. The maximum absolute atomic E-state index is 10.4. The molecule has 1 aromatic carbocycles. The minimum atomic E-state index is -0.936. The van der Waals surface area contributed by atoms with E-state index in [9.17, 15) is 5.11 Å². The van der Waals surface area contributed by atoms with E-state index >= 15 is 0 Å². The second-order valence-corrected chi connectivity index (χ2v) is 8.77. The van der Waals surface area contributed by atoms with Crippen LogP contribution in [0.25, 0.3) is 21.5 Å². The second-order valence-electron chi connectivity index (χ2n) is 7.69. The molecule has 2 aromatic heterocycles. The third kappa shape index (κ3) is 2.70. The number of β-amino-alcohol motifs (C(OH)–C–C–N with tert-alkyl or cyclic N) is 1. The first kappa shape index (κ1) is 16.7. The number of thiophene rings is 1. The van der Waals surface area contributed by atoms with Crippen LogP contribution in [0.2, 0.25) is 0 Å². The SMILES string of the molecule is Cc1ccc(-c2nc(N3CC(O)(CC#N)C3)nc3sc4c(c23)CCC4)cc1. The fourth-order valence-corrected chi connectivity index (χ4v) is 5.37. The van der Waals surface area contributed by atoms with Gasteiger partial charge in [0.25, 0.3) is 0 Å². The van der Waals surface area contributed by atoms with E-state index in [0.29, 0.717) is 19.0 Å². The van der Waals surface area contributed by atoms with Crippen molar-refractivity contribution in [1.82, 2.24) is 9.97 Å². The molecule has 136 valence electrons. The monoisotopic (exact) mass is 376 g/mol. The molecule has 6 heteroatoms. The number of fused-ring (bicyclic) bond motifs is 3. The lowest BCUT2D eigenvalue weighted by molar-refractivity contribution is 0.0157. The number of anilines is 1. The minimum Gasteiger partial charge on any atom is -0.385 e. The highest BCUT2D eigenvalue weighted by atomic mass is 32.1. The Labute approximate surface area is 161 Å². The predicted octanol–water partition coefficient (Wildman–Crippen LogP) is 3.62. The van der Waals surface area contributed by atoms with Crippen molar-refractivity contribution in [2.75, 3.05) is 18.0 Å². The average Bonchev–Trinajstić information content (AvgIpc) is 3.20. The molecular weight excluding hydrogens is 356 g/mol. The Morgan fingerprint density at radius 1 is 1.22 bits per heavy atom. The van der Waals surface area contributed by atoms with Gasteiger partial charge in [-0.15, -0.1) is 11.3 Å². The molecule has 1 aliphatic carbocycles. The fourth-order valence-electron chi connectivity index (χ4n) is 4.11. The van der Waals surface area contributed by atoms with Gasteiger partial charge in [0.05, 0.1) is 31.3 Å². The van der Waals surface area contributed by atoms with E-state index in [1.165, 1.54) is 27.8 Å². The molecule has 5 rings (SSSR count). The van der Waals surface area contributed by atoms with Crippen LogP contribution in [0.3, 0.4) is 0 Å². The molecule has 0 radical (unpaired) electrons. The highest BCUT2D eigenvalue weighted by molar-refractivity contribution is 7.19. The van der Waals surface area contributed by atoms with Gasteiger partial charge < -0.3 is 10.0 Å². The van der Waals surface area contributed by atoms with E-state index in [1.54, 1.807) is 11.3 Å². The standard InChI is InChI=1S/C21H20N4OS/c1-13-5-7-14(8-6-13)18-17-15-3-2-4-16(15)27-19(17)24-20(23-18)25-11-21(26,12-25)9-10-22/h5-8,26H,2-4,9,11-12H2,1H3. The van der Waals surface area contributed by atoms with Gasteiger partial charge in [-0.1, -0.05) is 29.8 Å². The van der Waals surface area contributed by atoms with Crippen LogP contribution in [0.5, 0.6) is 0 Å². The first-order chi connectivity index (χ1) is 13.1. The van der Waals surface area contributed by atoms with Crippen LogP contribution >= 0.6 is 11.3 Å². The summed E-state index contributed by atoms with van der Waals surface area (Å²) in [5, 5.41) is 20.4. The number of hydrogen-bond donors (Lipinski definition) is 1. The number of hydrogen-bond acceptors (Lipinski definition) is 6. The summed E-state index contributed by atoms with van der Waals surface area (Å²) in [5.74, 6) is 0.653. The van der Waals surface area contributed by atoms with Gasteiger partial charge in [0, 0.05) is 15.8 Å². The fraction of sp³-hybridized carbons (Fsp3) is 0.381. The van der Waals surface area contributed by atoms with Crippen molar-refractivity contribution in [3.63, 3.8) is 0 Å². The van der Waals surface area contributed by atoms with Gasteiger partial charge in [0.2, 0.25) is 5.95 Å². The summed E-state index contributed by atoms with van der Waals surface area (Å²) in [6, 6.07) is 10.6. The third-order valence-corrected chi connectivity index (χ3v) is 6.72. The van der Waals surface area contributed by atoms with Crippen molar-refractivity contribution >= 4 is 27.5 Å². The van der Waals surface area contributed by atoms with Gasteiger partial charge in [-0.3, -0.25) is 0 Å². The normalized spacial score (nSPS) is 17.6. The number of aromatic nitrogens is 2. The lowest BCUT2D eigenvalue weighted by Crippen LogP contribution is -2.62. The van der Waals surface area contributed by atoms with Crippen molar-refractivity contribution in [3.8, 4) is 17.3 Å². The summed E-state index contributed by atoms with van der Waals surface area (Å²) in [4.78, 5) is 14.2. The molecule has 0 unspecified atom stereocenters. The quantitative estimate of drug-likeness (QED) is 0.756. The lowest BCUT2D eigenvalue weighted by Gasteiger charge is -2.45. The summed E-state index contributed by atoms with van der Waals surface area (Å²) < 4.78 is 0. The topological polar surface area (TPSA) is 73.0 Å². The zero-order chi connectivity index (χ0) is 18.6. The first-order valence-electron chi connectivity index (χ1n) is 9.30. The van der Waals surface area contributed by atoms with Gasteiger partial charge in [0.15, 0.2) is 0 Å². The van der Waals surface area contributed by atoms with Crippen molar-refractivity contribution in [2.45, 2.75) is 38.2 Å². The average molecular weight is 376 g/mol. The molecule has 1 N–H and O–H groups in total. The van der Waals surface area contributed by atoms with E-state index in [0.717, 1.165) is 28.9 Å². The number of nitrogens with zero attached hydrogens (tertiary/aromatic N) is 4. The molecule has 0 atom stereocenters. The zero-order valence-electron chi connectivity index (χ0n) is 15.2. The smallest absolute Gasteiger partial charge is 0.227 e. The van der Waals surface area contributed by atoms with E-state index in [4.69, 9.17) is 15.2 Å². The highest BCUT2D eigenvalue weighted by Crippen LogP contribution is 2.42. The number of benzene rings is 1. The molecule has 0 amide bonds. The Hall–Kier alpha value is -2.49. The van der Waals surface area contributed by atoms with Gasteiger partial charge in [-0.25, -0.2) is 9.97 Å². The maximum Gasteiger partial charge on any atom is 0.227 e. The molecule has 5 nitrogen and oxygen atoms in total. The lowest BCUT2D eigenvalue weighted by atomic mass is 9.91. The molecule has 3 heterocycles. The third-order valence-electron chi connectivity index (χ3n) is 5.54. The van der Waals surface area contributed by atoms with E-state index in [-0.39, 0.29) is 6.42 Å². The number of nitriles is 1. The molecule has 0 spiro atoms. The van der Waals surface area contributed by atoms with Crippen molar-refractivity contribution in [2.24, 2.45) is 0 Å². The predicted molar refractivity (Wildman–Crippen MR) is 107 cm³/mol. The van der Waals surface area contributed by atoms with E-state index < -0.39 is 5.60 Å². The molecular formula is C21H20N4OS. The highest BCUT2D eigenvalue weighted by Gasteiger charge is 2.42. The van der Waals surface area contributed by atoms with Gasteiger partial charge in [-0.05, 0) is 31.7 Å². The number of rotatable bonds is 3. The van der Waals surface area contributed by atoms with Crippen LogP contribution in [0.1, 0.15) is 28.8 Å². The van der Waals surface area contributed by atoms with Crippen LogP contribution in [-0.4, -0.2) is 33.8 Å². The maximum atomic E-state index is 10.4. The Bertz CT molecular complexity index is 1070. The largest absolute Gasteiger partial charge is 0.385 e. The summed E-state index contributed by atoms with van der Waals surface area (Å²) in [6.07, 6.45) is 3.58. The minimum absolute atomic E-state index is 0.143. The summed E-state index contributed by atoms with van der Waals surface area (Å²) in [7, 11) is 0. The molecule has 2 aliphatic rings. The first-order valence-corrected chi connectivity index (χ1v) is 10.1. The van der Waals surface area contributed by atoms with Crippen LogP contribution in [-0.2, 0) is 12.8 Å². The van der Waals surface area contributed by atoms with Gasteiger partial charge in [-0.2, -0.15) is 5.26 Å². The van der Waals surface area contributed by atoms with E-state index in [1.807, 2.05) is 4.90 Å². The Balaban J connectivity index is 1.63. The zero-order valence-corrected chi connectivity index (χ0v) is 16.0. The summed E-state index contributed by atoms with van der Waals surface area (Å²) in [6.45, 7) is 2.90. The molecule has 27 heavy (non-hydrogen) atoms. The van der Waals surface area contributed by atoms with Gasteiger partial charge in [0.1, 0.15) is 10.4 Å².